The summed E-state index contributed by atoms with van der Waals surface area (Å²) in [6.07, 6.45) is 2.87. The lowest BCUT2D eigenvalue weighted by Gasteiger charge is -2.08. The standard InChI is InChI=1S/C19H16O/c20-14-16-12-17-8-4-5-9-19(17)18(13-16)11-10-15-6-2-1-3-7-15/h1-9,12-14H,10-11H2. The molecular weight excluding hydrogens is 244 g/mol. The van der Waals surface area contributed by atoms with Gasteiger partial charge in [0.2, 0.25) is 0 Å². The summed E-state index contributed by atoms with van der Waals surface area (Å²) in [5.41, 5.74) is 3.33. The van der Waals surface area contributed by atoms with Gasteiger partial charge in [-0.3, -0.25) is 4.79 Å². The second-order valence-electron chi connectivity index (χ2n) is 5.00. The fourth-order valence-electron chi connectivity index (χ4n) is 2.61. The van der Waals surface area contributed by atoms with E-state index in [1.54, 1.807) is 0 Å². The average molecular weight is 260 g/mol. The van der Waals surface area contributed by atoms with Crippen LogP contribution < -0.4 is 0 Å². The molecule has 0 N–H and O–H groups in total. The van der Waals surface area contributed by atoms with Gasteiger partial charge in [0, 0.05) is 5.56 Å². The lowest BCUT2D eigenvalue weighted by molar-refractivity contribution is 0.112. The predicted molar refractivity (Wildman–Crippen MR) is 83.2 cm³/mol. The minimum Gasteiger partial charge on any atom is -0.298 e. The van der Waals surface area contributed by atoms with Gasteiger partial charge in [-0.25, -0.2) is 0 Å². The molecule has 3 aromatic rings. The van der Waals surface area contributed by atoms with Gasteiger partial charge >= 0.3 is 0 Å². The molecule has 0 radical (unpaired) electrons. The molecule has 3 rings (SSSR count). The molecule has 0 aromatic heterocycles. The van der Waals surface area contributed by atoms with Crippen molar-refractivity contribution in [1.29, 1.82) is 0 Å². The molecule has 0 aliphatic heterocycles. The average Bonchev–Trinajstić information content (AvgIpc) is 2.53. The molecule has 20 heavy (non-hydrogen) atoms. The molecule has 98 valence electrons. The summed E-state index contributed by atoms with van der Waals surface area (Å²) in [7, 11) is 0. The molecule has 0 atom stereocenters. The monoisotopic (exact) mass is 260 g/mol. The van der Waals surface area contributed by atoms with Gasteiger partial charge < -0.3 is 0 Å². The third-order valence-electron chi connectivity index (χ3n) is 3.63. The van der Waals surface area contributed by atoms with Crippen LogP contribution in [0.2, 0.25) is 0 Å². The summed E-state index contributed by atoms with van der Waals surface area (Å²) in [5, 5.41) is 2.38. The summed E-state index contributed by atoms with van der Waals surface area (Å²) >= 11 is 0. The van der Waals surface area contributed by atoms with E-state index in [0.717, 1.165) is 30.1 Å². The Kier molecular flexibility index (Phi) is 3.60. The highest BCUT2D eigenvalue weighted by molar-refractivity contribution is 5.91. The molecule has 0 aliphatic carbocycles. The number of aryl methyl sites for hydroxylation is 2. The van der Waals surface area contributed by atoms with E-state index in [0.29, 0.717) is 0 Å². The first-order valence-corrected chi connectivity index (χ1v) is 6.87. The minimum absolute atomic E-state index is 0.756. The molecule has 0 fully saturated rings. The second kappa shape index (κ2) is 5.70. The number of benzene rings is 3. The topological polar surface area (TPSA) is 17.1 Å². The highest BCUT2D eigenvalue weighted by Gasteiger charge is 2.04. The number of carbonyl (C=O) groups excluding carboxylic acids is 1. The molecule has 0 saturated carbocycles. The summed E-state index contributed by atoms with van der Waals surface area (Å²) in [6, 6.07) is 22.7. The van der Waals surface area contributed by atoms with Crippen LogP contribution in [0.3, 0.4) is 0 Å². The Morgan fingerprint density at radius 3 is 2.35 bits per heavy atom. The van der Waals surface area contributed by atoms with Gasteiger partial charge in [-0.05, 0) is 46.9 Å². The van der Waals surface area contributed by atoms with Crippen LogP contribution in [0.25, 0.3) is 10.8 Å². The van der Waals surface area contributed by atoms with Crippen molar-refractivity contribution in [3.05, 3.63) is 83.4 Å². The number of fused-ring (bicyclic) bond motifs is 1. The predicted octanol–water partition coefficient (Wildman–Crippen LogP) is 4.44. The van der Waals surface area contributed by atoms with E-state index in [2.05, 4.69) is 42.5 Å². The Morgan fingerprint density at radius 2 is 1.55 bits per heavy atom. The summed E-state index contributed by atoms with van der Waals surface area (Å²) in [4.78, 5) is 11.1. The van der Waals surface area contributed by atoms with Gasteiger partial charge in [0.15, 0.2) is 0 Å². The Labute approximate surface area is 118 Å². The van der Waals surface area contributed by atoms with Crippen molar-refractivity contribution in [2.45, 2.75) is 12.8 Å². The lowest BCUT2D eigenvalue weighted by atomic mass is 9.96. The maximum Gasteiger partial charge on any atom is 0.150 e. The van der Waals surface area contributed by atoms with Crippen molar-refractivity contribution in [1.82, 2.24) is 0 Å². The van der Waals surface area contributed by atoms with Gasteiger partial charge in [0.1, 0.15) is 6.29 Å². The van der Waals surface area contributed by atoms with E-state index < -0.39 is 0 Å². The fourth-order valence-corrected chi connectivity index (χ4v) is 2.61. The van der Waals surface area contributed by atoms with Crippen molar-refractivity contribution < 1.29 is 4.79 Å². The Morgan fingerprint density at radius 1 is 0.800 bits per heavy atom. The van der Waals surface area contributed by atoms with Gasteiger partial charge in [-0.15, -0.1) is 0 Å². The molecule has 0 saturated heterocycles. The third kappa shape index (κ3) is 2.62. The molecule has 1 heteroatoms. The van der Waals surface area contributed by atoms with Crippen LogP contribution in [-0.2, 0) is 12.8 Å². The molecular formula is C19H16O. The summed E-state index contributed by atoms with van der Waals surface area (Å²) in [5.74, 6) is 0. The minimum atomic E-state index is 0.756. The molecule has 0 amide bonds. The summed E-state index contributed by atoms with van der Waals surface area (Å²) < 4.78 is 0. The SMILES string of the molecule is O=Cc1cc(CCc2ccccc2)c2ccccc2c1. The van der Waals surface area contributed by atoms with Crippen molar-refractivity contribution >= 4 is 17.1 Å². The zero-order chi connectivity index (χ0) is 13.8. The number of aldehydes is 1. The normalized spacial score (nSPS) is 10.6. The molecule has 0 unspecified atom stereocenters. The maximum absolute atomic E-state index is 11.1. The fraction of sp³-hybridized carbons (Fsp3) is 0.105. The first kappa shape index (κ1) is 12.6. The second-order valence-corrected chi connectivity index (χ2v) is 5.00. The van der Waals surface area contributed by atoms with E-state index >= 15 is 0 Å². The van der Waals surface area contributed by atoms with Crippen LogP contribution in [-0.4, -0.2) is 6.29 Å². The highest BCUT2D eigenvalue weighted by atomic mass is 16.1. The zero-order valence-electron chi connectivity index (χ0n) is 11.3. The van der Waals surface area contributed by atoms with E-state index in [9.17, 15) is 4.79 Å². The van der Waals surface area contributed by atoms with Crippen molar-refractivity contribution in [3.8, 4) is 0 Å². The van der Waals surface area contributed by atoms with Crippen LogP contribution in [0.5, 0.6) is 0 Å². The van der Waals surface area contributed by atoms with Gasteiger partial charge in [0.25, 0.3) is 0 Å². The molecule has 0 bridgehead atoms. The van der Waals surface area contributed by atoms with E-state index in [4.69, 9.17) is 0 Å². The lowest BCUT2D eigenvalue weighted by Crippen LogP contribution is -1.94. The van der Waals surface area contributed by atoms with Gasteiger partial charge in [0.05, 0.1) is 0 Å². The highest BCUT2D eigenvalue weighted by Crippen LogP contribution is 2.22. The maximum atomic E-state index is 11.1. The van der Waals surface area contributed by atoms with Crippen molar-refractivity contribution in [2.24, 2.45) is 0 Å². The first-order valence-electron chi connectivity index (χ1n) is 6.87. The van der Waals surface area contributed by atoms with Crippen LogP contribution in [0, 0.1) is 0 Å². The van der Waals surface area contributed by atoms with E-state index in [-0.39, 0.29) is 0 Å². The third-order valence-corrected chi connectivity index (χ3v) is 3.63. The molecule has 3 aromatic carbocycles. The molecule has 0 spiro atoms. The number of carbonyl (C=O) groups is 1. The van der Waals surface area contributed by atoms with Crippen molar-refractivity contribution in [2.75, 3.05) is 0 Å². The Bertz CT molecular complexity index is 729. The van der Waals surface area contributed by atoms with E-state index in [1.807, 2.05) is 24.3 Å². The van der Waals surface area contributed by atoms with Crippen molar-refractivity contribution in [3.63, 3.8) is 0 Å². The molecule has 0 aliphatic rings. The zero-order valence-corrected chi connectivity index (χ0v) is 11.3. The van der Waals surface area contributed by atoms with Crippen LogP contribution >= 0.6 is 0 Å². The number of hydrogen-bond donors (Lipinski definition) is 0. The largest absolute Gasteiger partial charge is 0.298 e. The van der Waals surface area contributed by atoms with Crippen LogP contribution in [0.4, 0.5) is 0 Å². The Hall–Kier alpha value is -2.41. The smallest absolute Gasteiger partial charge is 0.150 e. The van der Waals surface area contributed by atoms with Gasteiger partial charge in [-0.2, -0.15) is 0 Å². The van der Waals surface area contributed by atoms with Crippen LogP contribution in [0.1, 0.15) is 21.5 Å². The number of rotatable bonds is 4. The molecule has 0 heterocycles. The van der Waals surface area contributed by atoms with Gasteiger partial charge in [-0.1, -0.05) is 54.6 Å². The molecule has 1 nitrogen and oxygen atoms in total. The number of hydrogen-bond acceptors (Lipinski definition) is 1. The van der Waals surface area contributed by atoms with Crippen LogP contribution in [0.15, 0.2) is 66.7 Å². The summed E-state index contributed by atoms with van der Waals surface area (Å²) in [6.45, 7) is 0. The quantitative estimate of drug-likeness (QED) is 0.634. The van der Waals surface area contributed by atoms with E-state index in [1.165, 1.54) is 16.5 Å². The first-order chi connectivity index (χ1) is 9.86. The Balaban J connectivity index is 1.95.